The Bertz CT molecular complexity index is 1440. The van der Waals surface area contributed by atoms with E-state index in [0.717, 1.165) is 21.7 Å². The van der Waals surface area contributed by atoms with Crippen LogP contribution < -0.4 is 9.62 Å². The lowest BCUT2D eigenvalue weighted by atomic mass is 10.0. The average Bonchev–Trinajstić information content (AvgIpc) is 2.86. The topological polar surface area (TPSA) is 86.8 Å². The Balaban J connectivity index is 2.08. The summed E-state index contributed by atoms with van der Waals surface area (Å²) in [4.78, 5) is 29.2. The molecule has 0 heterocycles. The van der Waals surface area contributed by atoms with Gasteiger partial charge >= 0.3 is 0 Å². The monoisotopic (exact) mass is 623 g/mol. The van der Waals surface area contributed by atoms with Gasteiger partial charge in [0.05, 0.1) is 22.0 Å². The number of hydrogen-bond acceptors (Lipinski definition) is 4. The lowest BCUT2D eigenvalue weighted by molar-refractivity contribution is -0.140. The van der Waals surface area contributed by atoms with Crippen LogP contribution in [0.15, 0.2) is 72.8 Å². The molecule has 1 N–H and O–H groups in total. The summed E-state index contributed by atoms with van der Waals surface area (Å²) in [5.41, 5.74) is 1.17. The molecule has 40 heavy (non-hydrogen) atoms. The minimum atomic E-state index is -3.92. The fraction of sp³-hybridized carbons (Fsp3) is 0.310. The smallest absolute Gasteiger partial charge is 0.244 e. The first kappa shape index (κ1) is 31.7. The highest BCUT2D eigenvalue weighted by Gasteiger charge is 2.34. The molecular weight excluding hydrogens is 593 g/mol. The standard InChI is InChI=1S/C29H32Cl3N3O4S/c1-29(2,3)33-28(37)26(16-20-8-6-5-7-9-20)34(18-21-10-12-22(30)13-11-21)27(36)19-35(40(4,38)39)23-14-15-24(31)25(32)17-23/h5-15,17,26H,16,18-19H2,1-4H3,(H,33,37)/t26-/m1/s1. The first-order valence-electron chi connectivity index (χ1n) is 12.5. The summed E-state index contributed by atoms with van der Waals surface area (Å²) in [5, 5.41) is 3.89. The van der Waals surface area contributed by atoms with Crippen molar-refractivity contribution in [2.75, 3.05) is 17.1 Å². The second-order valence-electron chi connectivity index (χ2n) is 10.5. The number of carbonyl (C=O) groups excluding carboxylic acids is 2. The Morgan fingerprint density at radius 1 is 0.875 bits per heavy atom. The van der Waals surface area contributed by atoms with E-state index in [9.17, 15) is 18.0 Å². The number of nitrogens with zero attached hydrogens (tertiary/aromatic N) is 2. The molecule has 7 nitrogen and oxygen atoms in total. The van der Waals surface area contributed by atoms with Gasteiger partial charge in [-0.05, 0) is 62.2 Å². The van der Waals surface area contributed by atoms with Crippen molar-refractivity contribution in [3.63, 3.8) is 0 Å². The number of rotatable bonds is 10. The van der Waals surface area contributed by atoms with E-state index >= 15 is 0 Å². The van der Waals surface area contributed by atoms with Gasteiger partial charge in [-0.15, -0.1) is 0 Å². The van der Waals surface area contributed by atoms with Crippen LogP contribution in [0.5, 0.6) is 0 Å². The van der Waals surface area contributed by atoms with Gasteiger partial charge in [-0.1, -0.05) is 77.3 Å². The molecule has 3 aromatic carbocycles. The van der Waals surface area contributed by atoms with E-state index in [1.807, 2.05) is 51.1 Å². The fourth-order valence-electron chi connectivity index (χ4n) is 4.05. The molecule has 0 spiro atoms. The number of sulfonamides is 1. The van der Waals surface area contributed by atoms with E-state index in [-0.39, 0.29) is 34.6 Å². The van der Waals surface area contributed by atoms with Crippen molar-refractivity contribution in [2.45, 2.75) is 45.3 Å². The van der Waals surface area contributed by atoms with Gasteiger partial charge < -0.3 is 10.2 Å². The normalized spacial score (nSPS) is 12.5. The molecule has 3 rings (SSSR count). The maximum Gasteiger partial charge on any atom is 0.244 e. The van der Waals surface area contributed by atoms with Gasteiger partial charge in [-0.2, -0.15) is 0 Å². The zero-order valence-electron chi connectivity index (χ0n) is 22.7. The second-order valence-corrected chi connectivity index (χ2v) is 13.6. The molecule has 1 atom stereocenters. The van der Waals surface area contributed by atoms with E-state index in [4.69, 9.17) is 34.8 Å². The van der Waals surface area contributed by atoms with Gasteiger partial charge in [0.25, 0.3) is 0 Å². The molecule has 0 saturated carbocycles. The molecule has 0 aliphatic carbocycles. The van der Waals surface area contributed by atoms with Crippen LogP contribution in [-0.4, -0.2) is 49.5 Å². The maximum atomic E-state index is 14.1. The third-order valence-corrected chi connectivity index (χ3v) is 8.04. The Morgan fingerprint density at radius 2 is 1.50 bits per heavy atom. The van der Waals surface area contributed by atoms with Gasteiger partial charge in [0.2, 0.25) is 21.8 Å². The highest BCUT2D eigenvalue weighted by molar-refractivity contribution is 7.92. The summed E-state index contributed by atoms with van der Waals surface area (Å²) >= 11 is 18.3. The second kappa shape index (κ2) is 13.3. The molecule has 214 valence electrons. The summed E-state index contributed by atoms with van der Waals surface area (Å²) < 4.78 is 26.7. The van der Waals surface area contributed by atoms with E-state index in [1.54, 1.807) is 24.3 Å². The van der Waals surface area contributed by atoms with Gasteiger partial charge in [-0.25, -0.2) is 8.42 Å². The van der Waals surface area contributed by atoms with Gasteiger partial charge in [0, 0.05) is 23.5 Å². The van der Waals surface area contributed by atoms with Crippen molar-refractivity contribution in [3.05, 3.63) is 99.0 Å². The van der Waals surface area contributed by atoms with Gasteiger partial charge in [-0.3, -0.25) is 13.9 Å². The van der Waals surface area contributed by atoms with Crippen LogP contribution in [0.2, 0.25) is 15.1 Å². The minimum Gasteiger partial charge on any atom is -0.350 e. The summed E-state index contributed by atoms with van der Waals surface area (Å²) in [7, 11) is -3.92. The highest BCUT2D eigenvalue weighted by Crippen LogP contribution is 2.29. The molecule has 0 aliphatic rings. The van der Waals surface area contributed by atoms with E-state index < -0.39 is 34.1 Å². The predicted molar refractivity (Wildman–Crippen MR) is 162 cm³/mol. The van der Waals surface area contributed by atoms with Crippen LogP contribution in [0, 0.1) is 0 Å². The van der Waals surface area contributed by atoms with E-state index in [1.165, 1.54) is 23.1 Å². The quantitative estimate of drug-likeness (QED) is 0.301. The molecular formula is C29H32Cl3N3O4S. The molecule has 0 fully saturated rings. The number of nitrogens with one attached hydrogen (secondary N) is 1. The number of amides is 2. The molecule has 11 heteroatoms. The number of benzene rings is 3. The van der Waals surface area contributed by atoms with Gasteiger partial charge in [0.15, 0.2) is 0 Å². The Labute approximate surface area is 251 Å². The SMILES string of the molecule is CC(C)(C)NC(=O)[C@@H](Cc1ccccc1)N(Cc1ccc(Cl)cc1)C(=O)CN(c1ccc(Cl)c(Cl)c1)S(C)(=O)=O. The largest absolute Gasteiger partial charge is 0.350 e. The van der Waals surface area contributed by atoms with Crippen LogP contribution >= 0.6 is 34.8 Å². The Kier molecular flexibility index (Phi) is 10.5. The third kappa shape index (κ3) is 9.13. The highest BCUT2D eigenvalue weighted by atomic mass is 35.5. The van der Waals surface area contributed by atoms with Crippen molar-refractivity contribution in [1.29, 1.82) is 0 Å². The number of anilines is 1. The molecule has 0 unspecified atom stereocenters. The van der Waals surface area contributed by atoms with E-state index in [2.05, 4.69) is 5.32 Å². The summed E-state index contributed by atoms with van der Waals surface area (Å²) in [6.45, 7) is 5.05. The van der Waals surface area contributed by atoms with Crippen molar-refractivity contribution in [1.82, 2.24) is 10.2 Å². The summed E-state index contributed by atoms with van der Waals surface area (Å²) in [5.74, 6) is -0.935. The minimum absolute atomic E-state index is 0.0457. The summed E-state index contributed by atoms with van der Waals surface area (Å²) in [6.07, 6.45) is 1.22. The van der Waals surface area contributed by atoms with Crippen molar-refractivity contribution < 1.29 is 18.0 Å². The van der Waals surface area contributed by atoms with Crippen LogP contribution in [0.3, 0.4) is 0 Å². The first-order chi connectivity index (χ1) is 18.6. The van der Waals surface area contributed by atoms with Crippen LogP contribution in [-0.2, 0) is 32.6 Å². The molecule has 0 aromatic heterocycles. The third-order valence-electron chi connectivity index (χ3n) is 5.91. The predicted octanol–water partition coefficient (Wildman–Crippen LogP) is 5.97. The zero-order chi connectivity index (χ0) is 29.7. The molecule has 0 bridgehead atoms. The van der Waals surface area contributed by atoms with Gasteiger partial charge in [0.1, 0.15) is 12.6 Å². The Morgan fingerprint density at radius 3 is 2.05 bits per heavy atom. The number of carbonyl (C=O) groups is 2. The summed E-state index contributed by atoms with van der Waals surface area (Å²) in [6, 6.07) is 19.6. The molecule has 0 radical (unpaired) electrons. The first-order valence-corrected chi connectivity index (χ1v) is 15.4. The fourth-order valence-corrected chi connectivity index (χ4v) is 5.31. The Hall–Kier alpha value is -2.78. The van der Waals surface area contributed by atoms with Crippen LogP contribution in [0.4, 0.5) is 5.69 Å². The number of halogens is 3. The molecule has 3 aromatic rings. The van der Waals surface area contributed by atoms with E-state index in [0.29, 0.717) is 5.02 Å². The maximum absolute atomic E-state index is 14.1. The van der Waals surface area contributed by atoms with Crippen LogP contribution in [0.25, 0.3) is 0 Å². The van der Waals surface area contributed by atoms with Crippen molar-refractivity contribution in [2.24, 2.45) is 0 Å². The van der Waals surface area contributed by atoms with Crippen molar-refractivity contribution in [3.8, 4) is 0 Å². The molecule has 0 saturated heterocycles. The zero-order valence-corrected chi connectivity index (χ0v) is 25.8. The van der Waals surface area contributed by atoms with Crippen LogP contribution in [0.1, 0.15) is 31.9 Å². The molecule has 2 amide bonds. The lowest BCUT2D eigenvalue weighted by Crippen LogP contribution is -2.56. The average molecular weight is 625 g/mol. The van der Waals surface area contributed by atoms with Crippen molar-refractivity contribution >= 4 is 62.3 Å². The number of hydrogen-bond donors (Lipinski definition) is 1. The molecule has 0 aliphatic heterocycles. The lowest BCUT2D eigenvalue weighted by Gasteiger charge is -2.35.